The summed E-state index contributed by atoms with van der Waals surface area (Å²) in [5, 5.41) is 0. The van der Waals surface area contributed by atoms with E-state index >= 15 is 0 Å². The molecule has 0 bridgehead atoms. The number of para-hydroxylation sites is 1. The first-order chi connectivity index (χ1) is 10.7. The number of hydrogen-bond donors (Lipinski definition) is 1. The highest BCUT2D eigenvalue weighted by Crippen LogP contribution is 2.17. The van der Waals surface area contributed by atoms with Gasteiger partial charge in [0, 0.05) is 19.7 Å². The minimum atomic E-state index is -0.461. The van der Waals surface area contributed by atoms with Crippen LogP contribution in [0.2, 0.25) is 0 Å². The Morgan fingerprint density at radius 1 is 1.32 bits per heavy atom. The first kappa shape index (κ1) is 16.8. The fraction of sp³-hybridized carbons (Fsp3) is 0.588. The van der Waals surface area contributed by atoms with Crippen molar-refractivity contribution in [1.82, 2.24) is 4.90 Å². The van der Waals surface area contributed by atoms with Gasteiger partial charge in [0.25, 0.3) is 5.91 Å². The van der Waals surface area contributed by atoms with Gasteiger partial charge in [-0.25, -0.2) is 0 Å². The van der Waals surface area contributed by atoms with Crippen molar-refractivity contribution in [1.29, 1.82) is 0 Å². The van der Waals surface area contributed by atoms with Crippen molar-refractivity contribution < 1.29 is 14.3 Å². The second-order valence-electron chi connectivity index (χ2n) is 5.61. The number of carbonyl (C=O) groups excluding carboxylic acids is 1. The molecular weight excluding hydrogens is 280 g/mol. The van der Waals surface area contributed by atoms with Crippen molar-refractivity contribution >= 4 is 5.91 Å². The maximum atomic E-state index is 12.4. The average molecular weight is 306 g/mol. The first-order valence-electron chi connectivity index (χ1n) is 8.03. The van der Waals surface area contributed by atoms with Crippen LogP contribution in [0.25, 0.3) is 0 Å². The zero-order chi connectivity index (χ0) is 15.8. The molecule has 1 saturated heterocycles. The number of piperidine rings is 1. The lowest BCUT2D eigenvalue weighted by Crippen LogP contribution is -2.46. The van der Waals surface area contributed by atoms with Crippen LogP contribution in [0.1, 0.15) is 26.2 Å². The molecule has 5 heteroatoms. The highest BCUT2D eigenvalue weighted by molar-refractivity contribution is 5.81. The lowest BCUT2D eigenvalue weighted by atomic mass is 10.1. The largest absolute Gasteiger partial charge is 0.481 e. The van der Waals surface area contributed by atoms with Crippen molar-refractivity contribution in [3.8, 4) is 5.75 Å². The Morgan fingerprint density at radius 3 is 2.64 bits per heavy atom. The van der Waals surface area contributed by atoms with E-state index in [4.69, 9.17) is 15.2 Å². The van der Waals surface area contributed by atoms with Gasteiger partial charge in [-0.05, 0) is 44.9 Å². The lowest BCUT2D eigenvalue weighted by Gasteiger charge is -2.33. The number of likely N-dealkylation sites (tertiary alicyclic amines) is 1. The smallest absolute Gasteiger partial charge is 0.263 e. The number of rotatable bonds is 7. The second-order valence-corrected chi connectivity index (χ2v) is 5.61. The number of benzene rings is 1. The van der Waals surface area contributed by atoms with Gasteiger partial charge in [-0.15, -0.1) is 0 Å². The predicted molar refractivity (Wildman–Crippen MR) is 85.8 cm³/mol. The van der Waals surface area contributed by atoms with Gasteiger partial charge in [0.15, 0.2) is 6.10 Å². The molecule has 0 saturated carbocycles. The fourth-order valence-corrected chi connectivity index (χ4v) is 2.59. The van der Waals surface area contributed by atoms with E-state index in [1.807, 2.05) is 35.2 Å². The molecule has 122 valence electrons. The zero-order valence-corrected chi connectivity index (χ0v) is 13.2. The summed E-state index contributed by atoms with van der Waals surface area (Å²) in [7, 11) is 0. The number of amides is 1. The molecule has 1 atom stereocenters. The van der Waals surface area contributed by atoms with Crippen LogP contribution in [-0.2, 0) is 9.53 Å². The third-order valence-corrected chi connectivity index (χ3v) is 3.86. The Morgan fingerprint density at radius 2 is 2.00 bits per heavy atom. The fourth-order valence-electron chi connectivity index (χ4n) is 2.59. The molecule has 1 aliphatic rings. The summed E-state index contributed by atoms with van der Waals surface area (Å²) < 4.78 is 11.5. The highest BCUT2D eigenvalue weighted by Gasteiger charge is 2.27. The second kappa shape index (κ2) is 8.76. The maximum Gasteiger partial charge on any atom is 0.263 e. The van der Waals surface area contributed by atoms with E-state index in [9.17, 15) is 4.79 Å². The average Bonchev–Trinajstić information content (AvgIpc) is 2.56. The Labute approximate surface area is 132 Å². The van der Waals surface area contributed by atoms with Crippen LogP contribution in [0.5, 0.6) is 5.75 Å². The SMILES string of the molecule is CC(Oc1ccccc1)C(=O)N1CCC(OCCCN)CC1. The van der Waals surface area contributed by atoms with E-state index in [2.05, 4.69) is 0 Å². The molecule has 2 N–H and O–H groups in total. The van der Waals surface area contributed by atoms with Gasteiger partial charge in [-0.2, -0.15) is 0 Å². The Balaban J connectivity index is 1.74. The summed E-state index contributed by atoms with van der Waals surface area (Å²) in [6.07, 6.45) is 2.45. The number of hydrogen-bond acceptors (Lipinski definition) is 4. The van der Waals surface area contributed by atoms with E-state index in [1.165, 1.54) is 0 Å². The molecule has 1 aliphatic heterocycles. The molecule has 5 nitrogen and oxygen atoms in total. The van der Waals surface area contributed by atoms with E-state index in [0.29, 0.717) is 13.2 Å². The van der Waals surface area contributed by atoms with Gasteiger partial charge in [0.1, 0.15) is 5.75 Å². The summed E-state index contributed by atoms with van der Waals surface area (Å²) in [6.45, 7) is 4.64. The van der Waals surface area contributed by atoms with Crippen LogP contribution in [-0.4, -0.2) is 49.3 Å². The van der Waals surface area contributed by atoms with Crippen LogP contribution in [0.4, 0.5) is 0 Å². The molecule has 1 heterocycles. The molecule has 1 aromatic rings. The number of carbonyl (C=O) groups is 1. The van der Waals surface area contributed by atoms with Crippen molar-refractivity contribution in [3.05, 3.63) is 30.3 Å². The molecule has 1 fully saturated rings. The normalized spacial score (nSPS) is 17.3. The number of nitrogens with zero attached hydrogens (tertiary/aromatic N) is 1. The van der Waals surface area contributed by atoms with Crippen molar-refractivity contribution in [3.63, 3.8) is 0 Å². The molecule has 1 aromatic carbocycles. The topological polar surface area (TPSA) is 64.8 Å². The van der Waals surface area contributed by atoms with Crippen molar-refractivity contribution in [2.24, 2.45) is 5.73 Å². The van der Waals surface area contributed by atoms with Gasteiger partial charge in [-0.3, -0.25) is 4.79 Å². The van der Waals surface area contributed by atoms with Gasteiger partial charge in [0.05, 0.1) is 6.10 Å². The minimum absolute atomic E-state index is 0.0456. The quantitative estimate of drug-likeness (QED) is 0.780. The summed E-state index contributed by atoms with van der Waals surface area (Å²) in [5.41, 5.74) is 5.46. The van der Waals surface area contributed by atoms with E-state index in [-0.39, 0.29) is 12.0 Å². The molecule has 0 aliphatic carbocycles. The van der Waals surface area contributed by atoms with E-state index in [1.54, 1.807) is 6.92 Å². The van der Waals surface area contributed by atoms with Crippen LogP contribution >= 0.6 is 0 Å². The molecular formula is C17H26N2O3. The summed E-state index contributed by atoms with van der Waals surface area (Å²) in [5.74, 6) is 0.771. The molecule has 22 heavy (non-hydrogen) atoms. The monoisotopic (exact) mass is 306 g/mol. The van der Waals surface area contributed by atoms with E-state index < -0.39 is 6.10 Å². The summed E-state index contributed by atoms with van der Waals surface area (Å²) in [6, 6.07) is 9.45. The van der Waals surface area contributed by atoms with Crippen LogP contribution in [0, 0.1) is 0 Å². The van der Waals surface area contributed by atoms with Crippen LogP contribution < -0.4 is 10.5 Å². The Hall–Kier alpha value is -1.59. The number of nitrogens with two attached hydrogens (primary N) is 1. The minimum Gasteiger partial charge on any atom is -0.481 e. The van der Waals surface area contributed by atoms with Crippen LogP contribution in [0.15, 0.2) is 30.3 Å². The summed E-state index contributed by atoms with van der Waals surface area (Å²) >= 11 is 0. The Bertz CT molecular complexity index is 444. The third-order valence-electron chi connectivity index (χ3n) is 3.86. The zero-order valence-electron chi connectivity index (χ0n) is 13.2. The van der Waals surface area contributed by atoms with Crippen LogP contribution in [0.3, 0.4) is 0 Å². The lowest BCUT2D eigenvalue weighted by molar-refractivity contribution is -0.140. The molecule has 0 aromatic heterocycles. The third kappa shape index (κ3) is 5.00. The first-order valence-corrected chi connectivity index (χ1v) is 8.03. The Kier molecular flexibility index (Phi) is 6.68. The van der Waals surface area contributed by atoms with Gasteiger partial charge >= 0.3 is 0 Å². The van der Waals surface area contributed by atoms with Gasteiger partial charge < -0.3 is 20.1 Å². The molecule has 0 radical (unpaired) electrons. The van der Waals surface area contributed by atoms with Gasteiger partial charge in [-0.1, -0.05) is 18.2 Å². The number of ether oxygens (including phenoxy) is 2. The molecule has 1 amide bonds. The van der Waals surface area contributed by atoms with Gasteiger partial charge in [0.2, 0.25) is 0 Å². The van der Waals surface area contributed by atoms with E-state index in [0.717, 1.165) is 38.1 Å². The molecule has 2 rings (SSSR count). The van der Waals surface area contributed by atoms with Crippen molar-refractivity contribution in [2.45, 2.75) is 38.4 Å². The standard InChI is InChI=1S/C17H26N2O3/c1-14(22-16-6-3-2-4-7-16)17(20)19-11-8-15(9-12-19)21-13-5-10-18/h2-4,6-7,14-15H,5,8-13,18H2,1H3. The predicted octanol–water partition coefficient (Wildman–Crippen LogP) is 1.81. The molecule has 0 spiro atoms. The van der Waals surface area contributed by atoms with Crippen molar-refractivity contribution in [2.75, 3.05) is 26.2 Å². The highest BCUT2D eigenvalue weighted by atomic mass is 16.5. The molecule has 1 unspecified atom stereocenters. The maximum absolute atomic E-state index is 12.4. The summed E-state index contributed by atoms with van der Waals surface area (Å²) in [4.78, 5) is 14.3.